The van der Waals surface area contributed by atoms with Crippen LogP contribution in [0.15, 0.2) is 0 Å². The summed E-state index contributed by atoms with van der Waals surface area (Å²) in [6.45, 7) is 7.49. The lowest BCUT2D eigenvalue weighted by Crippen LogP contribution is -2.30. The van der Waals surface area contributed by atoms with Crippen LogP contribution in [-0.4, -0.2) is 12.6 Å². The van der Waals surface area contributed by atoms with Crippen LogP contribution < -0.4 is 5.32 Å². The van der Waals surface area contributed by atoms with Gasteiger partial charge in [-0.3, -0.25) is 0 Å². The van der Waals surface area contributed by atoms with Gasteiger partial charge >= 0.3 is 0 Å². The maximum Gasteiger partial charge on any atom is 0.00387 e. The zero-order valence-corrected chi connectivity index (χ0v) is 6.91. The molecule has 1 rings (SSSR count). The fourth-order valence-corrected chi connectivity index (χ4v) is 1.03. The van der Waals surface area contributed by atoms with Gasteiger partial charge in [-0.15, -0.1) is 0 Å². The van der Waals surface area contributed by atoms with E-state index in [1.54, 1.807) is 0 Å². The Kier molecular flexibility index (Phi) is 6.06. The van der Waals surface area contributed by atoms with Gasteiger partial charge in [0.15, 0.2) is 0 Å². The van der Waals surface area contributed by atoms with E-state index in [-0.39, 0.29) is 0 Å². The van der Waals surface area contributed by atoms with Crippen molar-refractivity contribution in [3.8, 4) is 0 Å². The summed E-state index contributed by atoms with van der Waals surface area (Å²) in [7, 11) is 0. The van der Waals surface area contributed by atoms with E-state index in [9.17, 15) is 0 Å². The Labute approximate surface area is 58.8 Å². The van der Waals surface area contributed by atoms with E-state index in [1.165, 1.54) is 25.8 Å². The van der Waals surface area contributed by atoms with Gasteiger partial charge < -0.3 is 5.32 Å². The second-order valence-corrected chi connectivity index (χ2v) is 2.35. The lowest BCUT2D eigenvalue weighted by Gasteiger charge is -2.18. The maximum absolute atomic E-state index is 3.38. The minimum atomic E-state index is 0.786. The van der Waals surface area contributed by atoms with Gasteiger partial charge in [-0.25, -0.2) is 0 Å². The molecule has 1 N–H and O–H groups in total. The van der Waals surface area contributed by atoms with Gasteiger partial charge in [-0.05, 0) is 26.3 Å². The summed E-state index contributed by atoms with van der Waals surface area (Å²) in [5.41, 5.74) is 0. The molecule has 1 atom stereocenters. The standard InChI is InChI=1S/C6H13N.C2H6/c1-6-4-2-3-5-7-6;1-2/h6-7H,2-5H2,1H3;1-2H3. The summed E-state index contributed by atoms with van der Waals surface area (Å²) in [5, 5.41) is 3.38. The van der Waals surface area contributed by atoms with Crippen LogP contribution >= 0.6 is 0 Å². The molecule has 1 heteroatoms. The van der Waals surface area contributed by atoms with Crippen LogP contribution in [0.3, 0.4) is 0 Å². The first kappa shape index (κ1) is 8.96. The number of hydrogen-bond donors (Lipinski definition) is 1. The molecule has 1 aliphatic heterocycles. The number of piperidine rings is 1. The van der Waals surface area contributed by atoms with E-state index < -0.39 is 0 Å². The quantitative estimate of drug-likeness (QED) is 0.528. The van der Waals surface area contributed by atoms with Gasteiger partial charge in [0, 0.05) is 6.04 Å². The molecule has 0 aromatic carbocycles. The number of rotatable bonds is 0. The third-order valence-corrected chi connectivity index (χ3v) is 1.56. The van der Waals surface area contributed by atoms with Crippen molar-refractivity contribution in [3.63, 3.8) is 0 Å². The molecule has 9 heavy (non-hydrogen) atoms. The molecule has 0 bridgehead atoms. The fraction of sp³-hybridized carbons (Fsp3) is 1.00. The highest BCUT2D eigenvalue weighted by Gasteiger charge is 2.04. The first-order valence-corrected chi connectivity index (χ1v) is 4.13. The van der Waals surface area contributed by atoms with Gasteiger partial charge in [0.25, 0.3) is 0 Å². The third-order valence-electron chi connectivity index (χ3n) is 1.56. The molecule has 0 aromatic rings. The van der Waals surface area contributed by atoms with Gasteiger partial charge in [-0.2, -0.15) is 0 Å². The Morgan fingerprint density at radius 1 is 1.22 bits per heavy atom. The first-order chi connectivity index (χ1) is 4.39. The SMILES string of the molecule is CC.CC1CCCCN1. The third kappa shape index (κ3) is 4.46. The molecule has 1 unspecified atom stereocenters. The molecule has 1 aliphatic rings. The average Bonchev–Trinajstić information content (AvgIpc) is 1.94. The molecule has 0 aliphatic carbocycles. The Morgan fingerprint density at radius 2 is 1.89 bits per heavy atom. The molecule has 56 valence electrons. The average molecular weight is 129 g/mol. The van der Waals surface area contributed by atoms with Crippen LogP contribution in [-0.2, 0) is 0 Å². The molecule has 0 spiro atoms. The second-order valence-electron chi connectivity index (χ2n) is 2.35. The molecular formula is C8H19N. The second kappa shape index (κ2) is 6.09. The maximum atomic E-state index is 3.38. The van der Waals surface area contributed by atoms with Gasteiger partial charge in [0.05, 0.1) is 0 Å². The van der Waals surface area contributed by atoms with Crippen LogP contribution in [0.25, 0.3) is 0 Å². The normalized spacial score (nSPS) is 26.3. The molecule has 1 nitrogen and oxygen atoms in total. The van der Waals surface area contributed by atoms with Crippen molar-refractivity contribution in [3.05, 3.63) is 0 Å². The first-order valence-electron chi connectivity index (χ1n) is 4.13. The Bertz CT molecular complexity index is 46.5. The smallest absolute Gasteiger partial charge is 0.00387 e. The zero-order valence-electron chi connectivity index (χ0n) is 6.91. The van der Waals surface area contributed by atoms with E-state index in [1.807, 2.05) is 13.8 Å². The van der Waals surface area contributed by atoms with Crippen LogP contribution in [0, 0.1) is 0 Å². The predicted molar refractivity (Wildman–Crippen MR) is 42.7 cm³/mol. The van der Waals surface area contributed by atoms with E-state index in [4.69, 9.17) is 0 Å². The van der Waals surface area contributed by atoms with Gasteiger partial charge in [0.2, 0.25) is 0 Å². The van der Waals surface area contributed by atoms with Crippen LogP contribution in [0.2, 0.25) is 0 Å². The lowest BCUT2D eigenvalue weighted by atomic mass is 10.1. The van der Waals surface area contributed by atoms with Crippen molar-refractivity contribution in [1.29, 1.82) is 0 Å². The van der Waals surface area contributed by atoms with Crippen molar-refractivity contribution >= 4 is 0 Å². The molecule has 0 aromatic heterocycles. The monoisotopic (exact) mass is 129 g/mol. The van der Waals surface area contributed by atoms with Crippen LogP contribution in [0.5, 0.6) is 0 Å². The summed E-state index contributed by atoms with van der Waals surface area (Å²) in [4.78, 5) is 0. The summed E-state index contributed by atoms with van der Waals surface area (Å²) >= 11 is 0. The molecular weight excluding hydrogens is 110 g/mol. The lowest BCUT2D eigenvalue weighted by molar-refractivity contribution is 0.425. The molecule has 0 radical (unpaired) electrons. The highest BCUT2D eigenvalue weighted by atomic mass is 14.9. The van der Waals surface area contributed by atoms with Crippen molar-refractivity contribution in [2.45, 2.75) is 46.1 Å². The largest absolute Gasteiger partial charge is 0.314 e. The zero-order chi connectivity index (χ0) is 7.11. The summed E-state index contributed by atoms with van der Waals surface area (Å²) in [6.07, 6.45) is 4.18. The van der Waals surface area contributed by atoms with Crippen molar-refractivity contribution in [2.24, 2.45) is 0 Å². The van der Waals surface area contributed by atoms with Gasteiger partial charge in [0.1, 0.15) is 0 Å². The Morgan fingerprint density at radius 3 is 2.11 bits per heavy atom. The van der Waals surface area contributed by atoms with E-state index in [0.29, 0.717) is 0 Å². The van der Waals surface area contributed by atoms with Gasteiger partial charge in [-0.1, -0.05) is 20.3 Å². The highest BCUT2D eigenvalue weighted by Crippen LogP contribution is 2.04. The van der Waals surface area contributed by atoms with E-state index >= 15 is 0 Å². The molecule has 1 heterocycles. The van der Waals surface area contributed by atoms with Crippen molar-refractivity contribution in [2.75, 3.05) is 6.54 Å². The fourth-order valence-electron chi connectivity index (χ4n) is 1.03. The molecule has 0 amide bonds. The van der Waals surface area contributed by atoms with E-state index in [2.05, 4.69) is 12.2 Å². The number of hydrogen-bond acceptors (Lipinski definition) is 1. The minimum Gasteiger partial charge on any atom is -0.314 e. The van der Waals surface area contributed by atoms with Crippen molar-refractivity contribution < 1.29 is 0 Å². The minimum absolute atomic E-state index is 0.786. The van der Waals surface area contributed by atoms with Crippen LogP contribution in [0.1, 0.15) is 40.0 Å². The van der Waals surface area contributed by atoms with Crippen LogP contribution in [0.4, 0.5) is 0 Å². The summed E-state index contributed by atoms with van der Waals surface area (Å²) < 4.78 is 0. The number of nitrogens with one attached hydrogen (secondary N) is 1. The van der Waals surface area contributed by atoms with E-state index in [0.717, 1.165) is 6.04 Å². The summed E-state index contributed by atoms with van der Waals surface area (Å²) in [6, 6.07) is 0.786. The Balaban J connectivity index is 0.000000291. The Hall–Kier alpha value is -0.0400. The van der Waals surface area contributed by atoms with Crippen molar-refractivity contribution in [1.82, 2.24) is 5.32 Å². The topological polar surface area (TPSA) is 12.0 Å². The summed E-state index contributed by atoms with van der Waals surface area (Å²) in [5.74, 6) is 0. The molecule has 1 saturated heterocycles. The molecule has 0 saturated carbocycles. The molecule has 1 fully saturated rings. The highest BCUT2D eigenvalue weighted by molar-refractivity contribution is 4.65. The predicted octanol–water partition coefficient (Wildman–Crippen LogP) is 2.17.